The molecule has 2 heterocycles. The average molecular weight is 316 g/mol. The number of aliphatic hydroxyl groups is 2. The molecule has 0 spiro atoms. The molecule has 1 aliphatic carbocycles. The predicted octanol–water partition coefficient (Wildman–Crippen LogP) is 2.89. The molecule has 1 unspecified atom stereocenters. The summed E-state index contributed by atoms with van der Waals surface area (Å²) < 4.78 is 16.3. The van der Waals surface area contributed by atoms with Gasteiger partial charge in [-0.3, -0.25) is 0 Å². The van der Waals surface area contributed by atoms with E-state index in [9.17, 15) is 14.6 Å². The van der Waals surface area contributed by atoms with Gasteiger partial charge in [-0.15, -0.1) is 0 Å². The highest BCUT2D eigenvalue weighted by atomic mass is 19.1. The molecule has 0 amide bonds. The molecular formula is C18H21FN2O2. The van der Waals surface area contributed by atoms with Crippen molar-refractivity contribution in [3.05, 3.63) is 42.1 Å². The Kier molecular flexibility index (Phi) is 3.70. The molecule has 1 aromatic heterocycles. The molecule has 4 rings (SSSR count). The van der Waals surface area contributed by atoms with Crippen molar-refractivity contribution in [1.29, 1.82) is 0 Å². The summed E-state index contributed by atoms with van der Waals surface area (Å²) in [4.78, 5) is 4.18. The Morgan fingerprint density at radius 3 is 2.83 bits per heavy atom. The quantitative estimate of drug-likeness (QED) is 0.915. The predicted molar refractivity (Wildman–Crippen MR) is 84.3 cm³/mol. The van der Waals surface area contributed by atoms with Crippen LogP contribution in [0.4, 0.5) is 4.39 Å². The number of rotatable bonds is 3. The molecule has 5 heteroatoms. The Hall–Kier alpha value is -1.72. The highest BCUT2D eigenvalue weighted by molar-refractivity contribution is 5.69. The zero-order valence-electron chi connectivity index (χ0n) is 12.9. The number of fused-ring (bicyclic) bond motifs is 3. The minimum Gasteiger partial charge on any atom is -0.393 e. The fourth-order valence-corrected chi connectivity index (χ4v) is 4.14. The maximum absolute atomic E-state index is 14.4. The van der Waals surface area contributed by atoms with E-state index in [0.29, 0.717) is 12.0 Å². The van der Waals surface area contributed by atoms with E-state index in [4.69, 9.17) is 0 Å². The Morgan fingerprint density at radius 2 is 2.04 bits per heavy atom. The molecule has 23 heavy (non-hydrogen) atoms. The minimum atomic E-state index is -0.492. The number of hydrogen-bond acceptors (Lipinski definition) is 3. The number of hydrogen-bond donors (Lipinski definition) is 2. The van der Waals surface area contributed by atoms with Gasteiger partial charge in [-0.2, -0.15) is 0 Å². The van der Waals surface area contributed by atoms with Crippen LogP contribution in [0.1, 0.15) is 43.7 Å². The minimum absolute atomic E-state index is 0.182. The largest absolute Gasteiger partial charge is 0.393 e. The summed E-state index contributed by atoms with van der Waals surface area (Å²) >= 11 is 0. The second-order valence-corrected chi connectivity index (χ2v) is 6.77. The van der Waals surface area contributed by atoms with E-state index in [0.717, 1.165) is 36.9 Å². The lowest BCUT2D eigenvalue weighted by atomic mass is 9.81. The molecule has 1 aromatic carbocycles. The first-order valence-corrected chi connectivity index (χ1v) is 8.32. The number of nitrogens with zero attached hydrogens (tertiary/aromatic N) is 2. The first-order valence-electron chi connectivity index (χ1n) is 8.32. The standard InChI is InChI=1S/C18H21FN2O2/c19-14-3-1-2-13-16-9-20-10-21(16)15(18(13)14)8-17(23)11-4-6-12(22)7-5-11/h1-3,9-12,15,17,22-23H,4-8H2/t11?,12?,15-,17?/m0/s1. The van der Waals surface area contributed by atoms with Gasteiger partial charge in [-0.05, 0) is 44.1 Å². The van der Waals surface area contributed by atoms with Crippen LogP contribution in [0.3, 0.4) is 0 Å². The molecule has 2 atom stereocenters. The highest BCUT2D eigenvalue weighted by Crippen LogP contribution is 2.43. The zero-order valence-corrected chi connectivity index (χ0v) is 12.9. The third-order valence-corrected chi connectivity index (χ3v) is 5.41. The summed E-state index contributed by atoms with van der Waals surface area (Å²) in [5.41, 5.74) is 2.45. The van der Waals surface area contributed by atoms with Crippen LogP contribution in [0.15, 0.2) is 30.7 Å². The van der Waals surface area contributed by atoms with E-state index in [-0.39, 0.29) is 23.9 Å². The lowest BCUT2D eigenvalue weighted by molar-refractivity contribution is 0.0328. The van der Waals surface area contributed by atoms with Crippen LogP contribution in [0.5, 0.6) is 0 Å². The van der Waals surface area contributed by atoms with Gasteiger partial charge in [0.1, 0.15) is 5.82 Å². The summed E-state index contributed by atoms with van der Waals surface area (Å²) in [7, 11) is 0. The molecule has 2 N–H and O–H groups in total. The van der Waals surface area contributed by atoms with Crippen molar-refractivity contribution < 1.29 is 14.6 Å². The third kappa shape index (κ3) is 2.48. The van der Waals surface area contributed by atoms with Crippen LogP contribution in [0.25, 0.3) is 11.3 Å². The van der Waals surface area contributed by atoms with Crippen LogP contribution < -0.4 is 0 Å². The Bertz CT molecular complexity index is 707. The van der Waals surface area contributed by atoms with Gasteiger partial charge in [0.25, 0.3) is 0 Å². The molecular weight excluding hydrogens is 295 g/mol. The molecule has 0 bridgehead atoms. The average Bonchev–Trinajstić information content (AvgIpc) is 3.12. The fraction of sp³-hybridized carbons (Fsp3) is 0.500. The lowest BCUT2D eigenvalue weighted by Gasteiger charge is -2.31. The molecule has 1 aliphatic heterocycles. The maximum Gasteiger partial charge on any atom is 0.129 e. The molecule has 2 aromatic rings. The number of benzene rings is 1. The van der Waals surface area contributed by atoms with Crippen molar-refractivity contribution in [2.45, 2.75) is 50.4 Å². The first kappa shape index (κ1) is 14.8. The molecule has 4 nitrogen and oxygen atoms in total. The Morgan fingerprint density at radius 1 is 1.26 bits per heavy atom. The van der Waals surface area contributed by atoms with Crippen LogP contribution in [0, 0.1) is 11.7 Å². The van der Waals surface area contributed by atoms with E-state index in [2.05, 4.69) is 4.98 Å². The summed E-state index contributed by atoms with van der Waals surface area (Å²) in [6.07, 6.45) is 6.38. The smallest absolute Gasteiger partial charge is 0.129 e. The van der Waals surface area contributed by atoms with E-state index in [1.165, 1.54) is 6.07 Å². The number of imidazole rings is 1. The monoisotopic (exact) mass is 316 g/mol. The fourth-order valence-electron chi connectivity index (χ4n) is 4.14. The Balaban J connectivity index is 1.60. The van der Waals surface area contributed by atoms with E-state index < -0.39 is 6.10 Å². The number of aromatic nitrogens is 2. The van der Waals surface area contributed by atoms with Crippen molar-refractivity contribution in [3.8, 4) is 11.3 Å². The van der Waals surface area contributed by atoms with Gasteiger partial charge in [0.15, 0.2) is 0 Å². The van der Waals surface area contributed by atoms with Crippen LogP contribution in [-0.2, 0) is 0 Å². The van der Waals surface area contributed by atoms with Crippen molar-refractivity contribution >= 4 is 0 Å². The topological polar surface area (TPSA) is 58.3 Å². The van der Waals surface area contributed by atoms with Gasteiger partial charge < -0.3 is 14.8 Å². The first-order chi connectivity index (χ1) is 11.1. The van der Waals surface area contributed by atoms with Gasteiger partial charge in [0.2, 0.25) is 0 Å². The van der Waals surface area contributed by atoms with E-state index in [1.807, 2.05) is 10.6 Å². The number of aliphatic hydroxyl groups excluding tert-OH is 2. The molecule has 1 saturated carbocycles. The highest BCUT2D eigenvalue weighted by Gasteiger charge is 2.35. The molecule has 0 radical (unpaired) electrons. The summed E-state index contributed by atoms with van der Waals surface area (Å²) in [6.45, 7) is 0. The van der Waals surface area contributed by atoms with E-state index >= 15 is 0 Å². The van der Waals surface area contributed by atoms with Crippen molar-refractivity contribution in [2.75, 3.05) is 0 Å². The molecule has 1 fully saturated rings. The third-order valence-electron chi connectivity index (χ3n) is 5.41. The zero-order chi connectivity index (χ0) is 16.0. The van der Waals surface area contributed by atoms with E-state index in [1.54, 1.807) is 18.6 Å². The second-order valence-electron chi connectivity index (χ2n) is 6.77. The van der Waals surface area contributed by atoms with Gasteiger partial charge in [-0.25, -0.2) is 9.37 Å². The second kappa shape index (κ2) is 5.73. The molecule has 122 valence electrons. The Labute approximate surface area is 134 Å². The maximum atomic E-state index is 14.4. The van der Waals surface area contributed by atoms with Gasteiger partial charge >= 0.3 is 0 Å². The number of halogens is 1. The summed E-state index contributed by atoms with van der Waals surface area (Å²) in [5.74, 6) is -0.0383. The van der Waals surface area contributed by atoms with Crippen LogP contribution in [0.2, 0.25) is 0 Å². The van der Waals surface area contributed by atoms with Gasteiger partial charge in [-0.1, -0.05) is 12.1 Å². The van der Waals surface area contributed by atoms with Crippen molar-refractivity contribution in [1.82, 2.24) is 9.55 Å². The molecule has 0 saturated heterocycles. The van der Waals surface area contributed by atoms with Crippen LogP contribution in [-0.4, -0.2) is 32.0 Å². The van der Waals surface area contributed by atoms with Gasteiger partial charge in [0.05, 0.1) is 36.5 Å². The SMILES string of the molecule is OC1CCC(C(O)C[C@H]2c3c(F)cccc3-c3cncn32)CC1. The van der Waals surface area contributed by atoms with Crippen molar-refractivity contribution in [3.63, 3.8) is 0 Å². The summed E-state index contributed by atoms with van der Waals surface area (Å²) in [6, 6.07) is 4.91. The summed E-state index contributed by atoms with van der Waals surface area (Å²) in [5, 5.41) is 20.3. The van der Waals surface area contributed by atoms with Crippen LogP contribution >= 0.6 is 0 Å². The lowest BCUT2D eigenvalue weighted by Crippen LogP contribution is -2.29. The van der Waals surface area contributed by atoms with Gasteiger partial charge in [0, 0.05) is 11.1 Å². The van der Waals surface area contributed by atoms with Crippen molar-refractivity contribution in [2.24, 2.45) is 5.92 Å². The normalized spacial score (nSPS) is 27.5. The molecule has 2 aliphatic rings.